The first-order valence-electron chi connectivity index (χ1n) is 9.57. The van der Waals surface area contributed by atoms with E-state index >= 15 is 4.39 Å². The van der Waals surface area contributed by atoms with Crippen LogP contribution < -0.4 is 16.1 Å². The van der Waals surface area contributed by atoms with E-state index in [0.717, 1.165) is 18.9 Å². The monoisotopic (exact) mass is 416 g/mol. The van der Waals surface area contributed by atoms with Gasteiger partial charge in [-0.2, -0.15) is 0 Å². The first-order valence-corrected chi connectivity index (χ1v) is 9.57. The summed E-state index contributed by atoms with van der Waals surface area (Å²) in [6.07, 6.45) is 4.80. The molecule has 1 aliphatic heterocycles. The van der Waals surface area contributed by atoms with Crippen molar-refractivity contribution in [2.24, 2.45) is 0 Å². The largest absolute Gasteiger partial charge is 0.477 e. The highest BCUT2D eigenvalue weighted by Gasteiger charge is 2.33. The van der Waals surface area contributed by atoms with Crippen LogP contribution in [-0.4, -0.2) is 43.7 Å². The molecule has 3 aromatic rings. The number of halogens is 2. The Morgan fingerprint density at radius 2 is 1.97 bits per heavy atom. The molecule has 3 N–H and O–H groups in total. The Labute approximate surface area is 168 Å². The van der Waals surface area contributed by atoms with Crippen LogP contribution in [0.1, 0.15) is 41.7 Å². The van der Waals surface area contributed by atoms with Crippen LogP contribution in [0.25, 0.3) is 10.9 Å². The van der Waals surface area contributed by atoms with Gasteiger partial charge in [0.2, 0.25) is 5.43 Å². The minimum atomic E-state index is -1.42. The summed E-state index contributed by atoms with van der Waals surface area (Å²) in [5.41, 5.74) is 3.93. The predicted octanol–water partition coefficient (Wildman–Crippen LogP) is 1.94. The van der Waals surface area contributed by atoms with Gasteiger partial charge >= 0.3 is 5.97 Å². The number of carboxylic acid groups (broad SMARTS) is 1. The van der Waals surface area contributed by atoms with Gasteiger partial charge in [0.15, 0.2) is 11.6 Å². The van der Waals surface area contributed by atoms with E-state index in [0.29, 0.717) is 19.5 Å². The van der Waals surface area contributed by atoms with Crippen molar-refractivity contribution < 1.29 is 18.7 Å². The third kappa shape index (κ3) is 2.80. The van der Waals surface area contributed by atoms with Crippen LogP contribution in [-0.2, 0) is 0 Å². The number of nitrogen functional groups attached to an aromatic ring is 1. The number of hydrogen-bond donors (Lipinski definition) is 2. The molecule has 0 amide bonds. The molecule has 156 valence electrons. The number of carboxylic acids is 1. The van der Waals surface area contributed by atoms with Crippen LogP contribution >= 0.6 is 0 Å². The van der Waals surface area contributed by atoms with E-state index in [1.165, 1.54) is 10.8 Å². The Balaban J connectivity index is 1.64. The Kier molecular flexibility index (Phi) is 4.02. The number of benzene rings is 1. The van der Waals surface area contributed by atoms with Crippen LogP contribution in [0.4, 0.5) is 20.3 Å². The Morgan fingerprint density at radius 3 is 2.60 bits per heavy atom. The van der Waals surface area contributed by atoms with Gasteiger partial charge in [0.05, 0.1) is 23.1 Å². The molecule has 0 spiro atoms. The topological polar surface area (TPSA) is 119 Å². The van der Waals surface area contributed by atoms with Crippen molar-refractivity contribution in [2.45, 2.75) is 31.3 Å². The van der Waals surface area contributed by atoms with E-state index in [1.54, 1.807) is 15.8 Å². The van der Waals surface area contributed by atoms with Crippen LogP contribution in [0, 0.1) is 11.6 Å². The van der Waals surface area contributed by atoms with Gasteiger partial charge in [-0.25, -0.2) is 18.3 Å². The minimum absolute atomic E-state index is 0.0580. The molecule has 5 rings (SSSR count). The zero-order valence-corrected chi connectivity index (χ0v) is 15.8. The normalized spacial score (nSPS) is 19.0. The molecule has 2 fully saturated rings. The molecule has 2 aliphatic rings. The SMILES string of the molecule is Nc1cn(C2CCN(c3c(F)cc4c(=O)c(C(=O)O)cn(C5CC5)c4c3F)C2)nn1. The lowest BCUT2D eigenvalue weighted by Crippen LogP contribution is -2.25. The number of anilines is 2. The third-order valence-corrected chi connectivity index (χ3v) is 5.74. The zero-order valence-electron chi connectivity index (χ0n) is 15.8. The number of nitrogens with two attached hydrogens (primary N) is 1. The third-order valence-electron chi connectivity index (χ3n) is 5.74. The quantitative estimate of drug-likeness (QED) is 0.667. The molecule has 1 saturated heterocycles. The lowest BCUT2D eigenvalue weighted by Gasteiger charge is -2.22. The molecule has 1 atom stereocenters. The van der Waals surface area contributed by atoms with Gasteiger partial charge < -0.3 is 20.3 Å². The predicted molar refractivity (Wildman–Crippen MR) is 104 cm³/mol. The summed E-state index contributed by atoms with van der Waals surface area (Å²) in [5, 5.41) is 16.7. The van der Waals surface area contributed by atoms with Gasteiger partial charge in [0, 0.05) is 25.3 Å². The molecule has 3 heterocycles. The molecule has 1 aromatic carbocycles. The summed E-state index contributed by atoms with van der Waals surface area (Å²) >= 11 is 0. The van der Waals surface area contributed by atoms with E-state index in [1.807, 2.05) is 0 Å². The summed E-state index contributed by atoms with van der Waals surface area (Å²) in [5.74, 6) is -2.92. The molecule has 11 heteroatoms. The van der Waals surface area contributed by atoms with Gasteiger partial charge in [-0.05, 0) is 25.3 Å². The highest BCUT2D eigenvalue weighted by Crippen LogP contribution is 2.40. The first kappa shape index (κ1) is 18.5. The molecule has 1 unspecified atom stereocenters. The Hall–Kier alpha value is -3.50. The molecule has 9 nitrogen and oxygen atoms in total. The summed E-state index contributed by atoms with van der Waals surface area (Å²) in [6, 6.07) is 0.690. The highest BCUT2D eigenvalue weighted by molar-refractivity contribution is 5.94. The second kappa shape index (κ2) is 6.51. The van der Waals surface area contributed by atoms with Crippen molar-refractivity contribution in [3.05, 3.63) is 45.9 Å². The first-order chi connectivity index (χ1) is 14.3. The Morgan fingerprint density at radius 1 is 1.20 bits per heavy atom. The molecular formula is C19H18F2N6O3. The van der Waals surface area contributed by atoms with Crippen molar-refractivity contribution in [3.63, 3.8) is 0 Å². The number of pyridine rings is 1. The van der Waals surface area contributed by atoms with Crippen LogP contribution in [0.15, 0.2) is 23.3 Å². The maximum atomic E-state index is 15.6. The van der Waals surface area contributed by atoms with Crippen LogP contribution in [0.3, 0.4) is 0 Å². The van der Waals surface area contributed by atoms with Gasteiger partial charge in [0.25, 0.3) is 0 Å². The summed E-state index contributed by atoms with van der Waals surface area (Å²) < 4.78 is 33.7. The fraction of sp³-hybridized carbons (Fsp3) is 0.368. The molecule has 0 radical (unpaired) electrons. The molecule has 30 heavy (non-hydrogen) atoms. The minimum Gasteiger partial charge on any atom is -0.477 e. The van der Waals surface area contributed by atoms with Crippen molar-refractivity contribution in [3.8, 4) is 0 Å². The van der Waals surface area contributed by atoms with E-state index in [-0.39, 0.29) is 34.5 Å². The lowest BCUT2D eigenvalue weighted by atomic mass is 10.1. The number of carbonyl (C=O) groups is 1. The Bertz CT molecular complexity index is 1250. The zero-order chi connectivity index (χ0) is 21.2. The van der Waals surface area contributed by atoms with Gasteiger partial charge in [0.1, 0.15) is 17.1 Å². The number of aromatic nitrogens is 4. The summed E-state index contributed by atoms with van der Waals surface area (Å²) in [6.45, 7) is 0.674. The fourth-order valence-electron chi connectivity index (χ4n) is 4.14. The van der Waals surface area contributed by atoms with E-state index in [9.17, 15) is 19.1 Å². The molecule has 2 aromatic heterocycles. The second-order valence-corrected chi connectivity index (χ2v) is 7.74. The average molecular weight is 416 g/mol. The standard InChI is InChI=1S/C19H18F2N6O3/c20-13-5-11-16(26(9-1-2-9)7-12(18(11)28)19(29)30)15(21)17(13)25-4-3-10(6-25)27-8-14(22)23-24-27/h5,7-10H,1-4,6,22H2,(H,29,30). The van der Waals surface area contributed by atoms with E-state index < -0.39 is 28.6 Å². The molecule has 1 aliphatic carbocycles. The number of fused-ring (bicyclic) bond motifs is 1. The molecule has 1 saturated carbocycles. The lowest BCUT2D eigenvalue weighted by molar-refractivity contribution is 0.0694. The maximum Gasteiger partial charge on any atom is 0.341 e. The maximum absolute atomic E-state index is 15.6. The van der Waals surface area contributed by atoms with Gasteiger partial charge in [-0.15, -0.1) is 5.10 Å². The van der Waals surface area contributed by atoms with E-state index in [2.05, 4.69) is 10.3 Å². The second-order valence-electron chi connectivity index (χ2n) is 7.74. The fourth-order valence-corrected chi connectivity index (χ4v) is 4.14. The number of nitrogens with zero attached hydrogens (tertiary/aromatic N) is 5. The number of hydrogen-bond acceptors (Lipinski definition) is 6. The van der Waals surface area contributed by atoms with Crippen molar-refractivity contribution in [2.75, 3.05) is 23.7 Å². The van der Waals surface area contributed by atoms with Crippen molar-refractivity contribution in [1.82, 2.24) is 19.6 Å². The van der Waals surface area contributed by atoms with Crippen molar-refractivity contribution in [1.29, 1.82) is 0 Å². The summed E-state index contributed by atoms with van der Waals surface area (Å²) in [7, 11) is 0. The van der Waals surface area contributed by atoms with E-state index in [4.69, 9.17) is 5.73 Å². The highest BCUT2D eigenvalue weighted by atomic mass is 19.1. The average Bonchev–Trinajstić information content (AvgIpc) is 3.27. The van der Waals surface area contributed by atoms with Crippen LogP contribution in [0.5, 0.6) is 0 Å². The molecule has 0 bridgehead atoms. The van der Waals surface area contributed by atoms with Crippen LogP contribution in [0.2, 0.25) is 0 Å². The number of aromatic carboxylic acids is 1. The summed E-state index contributed by atoms with van der Waals surface area (Å²) in [4.78, 5) is 25.6. The smallest absolute Gasteiger partial charge is 0.341 e. The number of rotatable bonds is 4. The van der Waals surface area contributed by atoms with Crippen molar-refractivity contribution >= 4 is 28.4 Å². The van der Waals surface area contributed by atoms with Gasteiger partial charge in [-0.3, -0.25) is 4.79 Å². The van der Waals surface area contributed by atoms with Gasteiger partial charge in [-0.1, -0.05) is 5.21 Å². The molecular weight excluding hydrogens is 398 g/mol.